The van der Waals surface area contributed by atoms with E-state index in [9.17, 15) is 12.8 Å². The van der Waals surface area contributed by atoms with Crippen LogP contribution in [0.4, 0.5) is 10.1 Å². The van der Waals surface area contributed by atoms with E-state index in [4.69, 9.17) is 4.74 Å². The molecular formula is C15H20FNO3S. The quantitative estimate of drug-likeness (QED) is 0.855. The molecule has 0 saturated heterocycles. The first-order valence-corrected chi connectivity index (χ1v) is 9.22. The molecule has 1 aliphatic heterocycles. The predicted molar refractivity (Wildman–Crippen MR) is 80.1 cm³/mol. The molecule has 116 valence electrons. The van der Waals surface area contributed by atoms with Crippen molar-refractivity contribution < 1.29 is 17.5 Å². The maximum atomic E-state index is 13.9. The van der Waals surface area contributed by atoms with E-state index < -0.39 is 9.84 Å². The van der Waals surface area contributed by atoms with Crippen LogP contribution in [0, 0.1) is 11.2 Å². The molecule has 1 fully saturated rings. The number of benzene rings is 1. The molecule has 1 aromatic carbocycles. The van der Waals surface area contributed by atoms with Crippen molar-refractivity contribution in [2.75, 3.05) is 30.0 Å². The zero-order valence-electron chi connectivity index (χ0n) is 12.3. The number of hydrogen-bond donors (Lipinski definition) is 0. The number of sulfone groups is 1. The Bertz CT molecular complexity index is 655. The lowest BCUT2D eigenvalue weighted by Gasteiger charge is -2.37. The second-order valence-corrected chi connectivity index (χ2v) is 8.61. The fraction of sp³-hybridized carbons (Fsp3) is 0.600. The Morgan fingerprint density at radius 3 is 2.76 bits per heavy atom. The van der Waals surface area contributed by atoms with Gasteiger partial charge in [0.15, 0.2) is 11.6 Å². The largest absolute Gasteiger partial charge is 0.484 e. The number of hydrogen-bond acceptors (Lipinski definition) is 4. The van der Waals surface area contributed by atoms with Crippen LogP contribution in [0.1, 0.15) is 19.8 Å². The summed E-state index contributed by atoms with van der Waals surface area (Å²) < 4.78 is 42.7. The van der Waals surface area contributed by atoms with E-state index in [1.54, 1.807) is 6.07 Å². The number of anilines is 1. The molecule has 1 aliphatic carbocycles. The third-order valence-corrected chi connectivity index (χ3v) is 5.27. The van der Waals surface area contributed by atoms with Crippen LogP contribution in [-0.4, -0.2) is 39.6 Å². The van der Waals surface area contributed by atoms with Gasteiger partial charge in [-0.2, -0.15) is 0 Å². The molecule has 1 atom stereocenters. The Morgan fingerprint density at radius 2 is 2.14 bits per heavy atom. The highest BCUT2D eigenvalue weighted by Gasteiger charge is 2.47. The molecule has 1 heterocycles. The van der Waals surface area contributed by atoms with Crippen molar-refractivity contribution in [1.82, 2.24) is 0 Å². The lowest BCUT2D eigenvalue weighted by atomic mass is 10.1. The summed E-state index contributed by atoms with van der Waals surface area (Å²) >= 11 is 0. The molecule has 0 unspecified atom stereocenters. The normalized spacial score (nSPS) is 23.4. The lowest BCUT2D eigenvalue weighted by molar-refractivity contribution is 0.200. The summed E-state index contributed by atoms with van der Waals surface area (Å²) in [5, 5.41) is 0. The highest BCUT2D eigenvalue weighted by molar-refractivity contribution is 7.90. The van der Waals surface area contributed by atoms with Crippen LogP contribution in [0.5, 0.6) is 5.75 Å². The zero-order chi connectivity index (χ0) is 15.3. The second-order valence-electron chi connectivity index (χ2n) is 6.47. The van der Waals surface area contributed by atoms with Crippen LogP contribution < -0.4 is 9.64 Å². The maximum Gasteiger partial charge on any atom is 0.178 e. The summed E-state index contributed by atoms with van der Waals surface area (Å²) in [6.07, 6.45) is 3.00. The number of nitrogens with zero attached hydrogens (tertiary/aromatic N) is 1. The van der Waals surface area contributed by atoms with E-state index in [1.807, 2.05) is 13.0 Å². The van der Waals surface area contributed by atoms with Crippen molar-refractivity contribution in [3.8, 4) is 5.75 Å². The third-order valence-electron chi connectivity index (χ3n) is 4.14. The van der Waals surface area contributed by atoms with Crippen LogP contribution in [0.3, 0.4) is 0 Å². The fourth-order valence-corrected chi connectivity index (χ4v) is 4.64. The minimum absolute atomic E-state index is 0.108. The Morgan fingerprint density at radius 1 is 1.43 bits per heavy atom. The SMILES string of the molecule is C[C@H]1CN(CC2(CS(C)(=O)=O)CC2)c2cccc(F)c2O1. The molecule has 6 heteroatoms. The summed E-state index contributed by atoms with van der Waals surface area (Å²) in [4.78, 5) is 2.07. The molecule has 0 aromatic heterocycles. The third kappa shape index (κ3) is 3.15. The van der Waals surface area contributed by atoms with E-state index in [2.05, 4.69) is 4.90 Å². The monoisotopic (exact) mass is 313 g/mol. The van der Waals surface area contributed by atoms with Crippen molar-refractivity contribution in [2.45, 2.75) is 25.9 Å². The van der Waals surface area contributed by atoms with E-state index in [-0.39, 0.29) is 28.8 Å². The Labute approximate surface area is 124 Å². The number of rotatable bonds is 4. The van der Waals surface area contributed by atoms with E-state index in [1.165, 1.54) is 12.3 Å². The summed E-state index contributed by atoms with van der Waals surface area (Å²) in [6, 6.07) is 4.88. The lowest BCUT2D eigenvalue weighted by Crippen LogP contribution is -2.43. The van der Waals surface area contributed by atoms with E-state index in [0.717, 1.165) is 18.5 Å². The molecule has 0 N–H and O–H groups in total. The van der Waals surface area contributed by atoms with Gasteiger partial charge in [-0.1, -0.05) is 6.07 Å². The highest BCUT2D eigenvalue weighted by Crippen LogP contribution is 2.49. The molecule has 0 spiro atoms. The number of halogens is 1. The summed E-state index contributed by atoms with van der Waals surface area (Å²) in [6.45, 7) is 3.20. The minimum Gasteiger partial charge on any atom is -0.484 e. The summed E-state index contributed by atoms with van der Waals surface area (Å²) in [5.41, 5.74) is 0.557. The van der Waals surface area contributed by atoms with Gasteiger partial charge in [0, 0.05) is 18.2 Å². The summed E-state index contributed by atoms with van der Waals surface area (Å²) in [7, 11) is -3.00. The number of ether oxygens (including phenoxy) is 1. The van der Waals surface area contributed by atoms with Crippen LogP contribution in [0.2, 0.25) is 0 Å². The van der Waals surface area contributed by atoms with Crippen LogP contribution >= 0.6 is 0 Å². The molecule has 0 radical (unpaired) electrons. The molecule has 21 heavy (non-hydrogen) atoms. The van der Waals surface area contributed by atoms with Crippen molar-refractivity contribution in [2.24, 2.45) is 5.41 Å². The van der Waals surface area contributed by atoms with Gasteiger partial charge in [0.25, 0.3) is 0 Å². The first-order valence-electron chi connectivity index (χ1n) is 7.16. The average Bonchev–Trinajstić information content (AvgIpc) is 3.07. The molecule has 3 rings (SSSR count). The van der Waals surface area contributed by atoms with Crippen molar-refractivity contribution in [3.63, 3.8) is 0 Å². The van der Waals surface area contributed by atoms with Gasteiger partial charge in [-0.05, 0) is 31.9 Å². The van der Waals surface area contributed by atoms with E-state index >= 15 is 0 Å². The molecule has 1 saturated carbocycles. The first kappa shape index (κ1) is 14.6. The predicted octanol–water partition coefficient (Wildman–Crippen LogP) is 2.24. The molecule has 0 amide bonds. The number of fused-ring (bicyclic) bond motifs is 1. The zero-order valence-corrected chi connectivity index (χ0v) is 13.1. The Hall–Kier alpha value is -1.30. The van der Waals surface area contributed by atoms with Gasteiger partial charge >= 0.3 is 0 Å². The molecule has 2 aliphatic rings. The molecule has 0 bridgehead atoms. The highest BCUT2D eigenvalue weighted by atomic mass is 32.2. The van der Waals surface area contributed by atoms with Crippen LogP contribution in [-0.2, 0) is 9.84 Å². The Balaban J connectivity index is 1.86. The fourth-order valence-electron chi connectivity index (χ4n) is 3.15. The van der Waals surface area contributed by atoms with Crippen molar-refractivity contribution in [3.05, 3.63) is 24.0 Å². The van der Waals surface area contributed by atoms with E-state index in [0.29, 0.717) is 13.1 Å². The van der Waals surface area contributed by atoms with Crippen molar-refractivity contribution in [1.29, 1.82) is 0 Å². The van der Waals surface area contributed by atoms with Crippen molar-refractivity contribution >= 4 is 15.5 Å². The van der Waals surface area contributed by atoms with Gasteiger partial charge in [0.05, 0.1) is 18.0 Å². The molecular weight excluding hydrogens is 293 g/mol. The van der Waals surface area contributed by atoms with Gasteiger partial charge in [-0.25, -0.2) is 12.8 Å². The van der Waals surface area contributed by atoms with Gasteiger partial charge in [-0.3, -0.25) is 0 Å². The summed E-state index contributed by atoms with van der Waals surface area (Å²) in [5.74, 6) is 0.125. The smallest absolute Gasteiger partial charge is 0.178 e. The second kappa shape index (κ2) is 4.87. The van der Waals surface area contributed by atoms with Gasteiger partial charge in [-0.15, -0.1) is 0 Å². The topological polar surface area (TPSA) is 46.6 Å². The maximum absolute atomic E-state index is 13.9. The van der Waals surface area contributed by atoms with Gasteiger partial charge in [0.1, 0.15) is 15.9 Å². The average molecular weight is 313 g/mol. The van der Waals surface area contributed by atoms with Gasteiger partial charge in [0.2, 0.25) is 0 Å². The van der Waals surface area contributed by atoms with Crippen LogP contribution in [0.25, 0.3) is 0 Å². The first-order chi connectivity index (χ1) is 9.78. The molecule has 1 aromatic rings. The number of para-hydroxylation sites is 1. The van der Waals surface area contributed by atoms with Gasteiger partial charge < -0.3 is 9.64 Å². The van der Waals surface area contributed by atoms with Crippen LogP contribution in [0.15, 0.2) is 18.2 Å². The molecule has 4 nitrogen and oxygen atoms in total. The Kier molecular flexibility index (Phi) is 3.39. The minimum atomic E-state index is -3.00. The standard InChI is InChI=1S/C15H20FNO3S/c1-11-8-17(9-15(6-7-15)10-21(2,18)19)13-5-3-4-12(16)14(13)20-11/h3-5,11H,6-10H2,1-2H3/t11-/m0/s1.